The van der Waals surface area contributed by atoms with E-state index < -0.39 is 74.6 Å². The highest BCUT2D eigenvalue weighted by Crippen LogP contribution is 2.28. The second-order valence-corrected chi connectivity index (χ2v) is 5.53. The van der Waals surface area contributed by atoms with E-state index in [1.807, 2.05) is 0 Å². The van der Waals surface area contributed by atoms with Gasteiger partial charge in [0.1, 0.15) is 48.8 Å². The molecule has 2 fully saturated rings. The van der Waals surface area contributed by atoms with Gasteiger partial charge in [-0.3, -0.25) is 0 Å². The maximum Gasteiger partial charge on any atom is 0.187 e. The Kier molecular flexibility index (Phi) is 6.27. The van der Waals surface area contributed by atoms with Crippen molar-refractivity contribution in [3.63, 3.8) is 0 Å². The van der Waals surface area contributed by atoms with Crippen LogP contribution in [0.4, 0.5) is 0 Å². The topological polar surface area (TPSA) is 190 Å². The lowest BCUT2D eigenvalue weighted by atomic mass is 9.97. The van der Waals surface area contributed by atoms with E-state index >= 15 is 0 Å². The van der Waals surface area contributed by atoms with E-state index in [0.717, 1.165) is 0 Å². The van der Waals surface area contributed by atoms with Crippen LogP contribution in [-0.2, 0) is 14.2 Å². The molecule has 8 N–H and O–H groups in total. The van der Waals surface area contributed by atoms with Crippen molar-refractivity contribution in [1.82, 2.24) is 0 Å². The smallest absolute Gasteiger partial charge is 0.187 e. The van der Waals surface area contributed by atoms with E-state index in [1.165, 1.54) is 0 Å². The van der Waals surface area contributed by atoms with E-state index in [2.05, 4.69) is 0 Å². The van der Waals surface area contributed by atoms with E-state index in [-0.39, 0.29) is 0 Å². The highest BCUT2D eigenvalue weighted by Gasteiger charge is 2.50. The number of ether oxygens (including phenoxy) is 3. The summed E-state index contributed by atoms with van der Waals surface area (Å²) in [6.07, 6.45) is -15.6. The summed E-state index contributed by atoms with van der Waals surface area (Å²) in [6, 6.07) is 0. The van der Waals surface area contributed by atoms with Gasteiger partial charge in [0.05, 0.1) is 13.2 Å². The van der Waals surface area contributed by atoms with Crippen LogP contribution in [0.15, 0.2) is 0 Å². The molecule has 0 aliphatic carbocycles. The molecule has 0 spiro atoms. The SMILES string of the molecule is OC[C@H]1O[C@@H](O[C@H]2[C@@H](O)[C@H](O)[C@@H](CO)O[C@@H]2O)[C@H](O)[C@@H](O)[C@H]1O. The molecular formula is C12H22O11. The van der Waals surface area contributed by atoms with Crippen LogP contribution in [-0.4, -0.2) is 115 Å². The largest absolute Gasteiger partial charge is 0.394 e. The molecule has 136 valence electrons. The van der Waals surface area contributed by atoms with Crippen molar-refractivity contribution in [1.29, 1.82) is 0 Å². The Balaban J connectivity index is 2.08. The summed E-state index contributed by atoms with van der Waals surface area (Å²) in [4.78, 5) is 0. The molecule has 0 aromatic carbocycles. The van der Waals surface area contributed by atoms with Gasteiger partial charge in [-0.1, -0.05) is 0 Å². The molecule has 11 heteroatoms. The van der Waals surface area contributed by atoms with Gasteiger partial charge in [-0.05, 0) is 0 Å². The zero-order chi connectivity index (χ0) is 17.3. The Morgan fingerprint density at radius 1 is 0.652 bits per heavy atom. The molecule has 0 bridgehead atoms. The second-order valence-electron chi connectivity index (χ2n) is 5.53. The van der Waals surface area contributed by atoms with Crippen LogP contribution in [0.3, 0.4) is 0 Å². The quantitative estimate of drug-likeness (QED) is 0.243. The lowest BCUT2D eigenvalue weighted by molar-refractivity contribution is -0.361. The highest BCUT2D eigenvalue weighted by atomic mass is 16.7. The fourth-order valence-corrected chi connectivity index (χ4v) is 2.55. The summed E-state index contributed by atoms with van der Waals surface area (Å²) in [6.45, 7) is -1.33. The Hall–Kier alpha value is -0.440. The molecule has 0 unspecified atom stereocenters. The predicted octanol–water partition coefficient (Wildman–Crippen LogP) is -5.40. The maximum absolute atomic E-state index is 9.94. The van der Waals surface area contributed by atoms with Gasteiger partial charge in [-0.25, -0.2) is 0 Å². The first-order valence-electron chi connectivity index (χ1n) is 7.08. The van der Waals surface area contributed by atoms with Crippen molar-refractivity contribution in [2.24, 2.45) is 0 Å². The fourth-order valence-electron chi connectivity index (χ4n) is 2.55. The summed E-state index contributed by atoms with van der Waals surface area (Å²) < 4.78 is 15.1. The van der Waals surface area contributed by atoms with Gasteiger partial charge in [0.2, 0.25) is 0 Å². The van der Waals surface area contributed by atoms with Gasteiger partial charge in [0.25, 0.3) is 0 Å². The Morgan fingerprint density at radius 2 is 1.17 bits per heavy atom. The summed E-state index contributed by atoms with van der Waals surface area (Å²) in [5, 5.41) is 76.7. The van der Waals surface area contributed by atoms with Gasteiger partial charge in [0, 0.05) is 0 Å². The van der Waals surface area contributed by atoms with Gasteiger partial charge >= 0.3 is 0 Å². The minimum Gasteiger partial charge on any atom is -0.394 e. The lowest BCUT2D eigenvalue weighted by Crippen LogP contribution is -2.64. The monoisotopic (exact) mass is 342 g/mol. The summed E-state index contributed by atoms with van der Waals surface area (Å²) in [5.74, 6) is 0. The van der Waals surface area contributed by atoms with Gasteiger partial charge < -0.3 is 55.1 Å². The molecule has 0 saturated carbocycles. The van der Waals surface area contributed by atoms with Crippen LogP contribution in [0.25, 0.3) is 0 Å². The van der Waals surface area contributed by atoms with Crippen molar-refractivity contribution < 1.29 is 55.1 Å². The molecule has 11 nitrogen and oxygen atoms in total. The van der Waals surface area contributed by atoms with Gasteiger partial charge in [-0.15, -0.1) is 0 Å². The predicted molar refractivity (Wildman–Crippen MR) is 68.6 cm³/mol. The normalized spacial score (nSPS) is 51.7. The molecular weight excluding hydrogens is 320 g/mol. The fraction of sp³-hybridized carbons (Fsp3) is 1.00. The number of hydrogen-bond acceptors (Lipinski definition) is 11. The van der Waals surface area contributed by atoms with Gasteiger partial charge in [-0.2, -0.15) is 0 Å². The molecule has 2 rings (SSSR count). The average Bonchev–Trinajstić information content (AvgIpc) is 2.54. The maximum atomic E-state index is 9.94. The van der Waals surface area contributed by atoms with Crippen LogP contribution in [0.5, 0.6) is 0 Å². The molecule has 0 aromatic rings. The summed E-state index contributed by atoms with van der Waals surface area (Å²) in [7, 11) is 0. The Morgan fingerprint density at radius 3 is 1.74 bits per heavy atom. The lowest BCUT2D eigenvalue weighted by Gasteiger charge is -2.44. The molecule has 0 aromatic heterocycles. The number of aliphatic hydroxyl groups is 8. The standard InChI is InChI=1S/C12H22O11/c13-1-3-6(16)8(18)10(11(20)21-3)23-12-9(19)7(17)5(15)4(2-14)22-12/h3-20H,1-2H2/t3-,4-,5+,6-,7+,8+,9-,10+,11+,12+/m1/s1. The van der Waals surface area contributed by atoms with Crippen molar-refractivity contribution >= 4 is 0 Å². The molecule has 2 heterocycles. The molecule has 2 aliphatic rings. The summed E-state index contributed by atoms with van der Waals surface area (Å²) in [5.41, 5.74) is 0. The number of rotatable bonds is 4. The van der Waals surface area contributed by atoms with Crippen LogP contribution >= 0.6 is 0 Å². The van der Waals surface area contributed by atoms with E-state index in [0.29, 0.717) is 0 Å². The van der Waals surface area contributed by atoms with E-state index in [9.17, 15) is 30.6 Å². The average molecular weight is 342 g/mol. The third-order valence-electron chi connectivity index (χ3n) is 3.98. The molecule has 0 amide bonds. The Bertz CT molecular complexity index is 380. The first-order valence-corrected chi connectivity index (χ1v) is 7.08. The zero-order valence-electron chi connectivity index (χ0n) is 12.0. The van der Waals surface area contributed by atoms with Crippen molar-refractivity contribution in [2.75, 3.05) is 13.2 Å². The van der Waals surface area contributed by atoms with E-state index in [4.69, 9.17) is 24.4 Å². The van der Waals surface area contributed by atoms with Crippen LogP contribution < -0.4 is 0 Å². The highest BCUT2D eigenvalue weighted by molar-refractivity contribution is 4.93. The minimum absolute atomic E-state index is 0.651. The molecule has 2 saturated heterocycles. The second kappa shape index (κ2) is 7.63. The first kappa shape index (κ1) is 18.9. The molecule has 2 aliphatic heterocycles. The first-order chi connectivity index (χ1) is 10.8. The third-order valence-corrected chi connectivity index (χ3v) is 3.98. The van der Waals surface area contributed by atoms with Crippen LogP contribution in [0, 0.1) is 0 Å². The summed E-state index contributed by atoms with van der Waals surface area (Å²) >= 11 is 0. The van der Waals surface area contributed by atoms with E-state index in [1.54, 1.807) is 0 Å². The van der Waals surface area contributed by atoms with Crippen molar-refractivity contribution in [3.05, 3.63) is 0 Å². The molecule has 23 heavy (non-hydrogen) atoms. The number of aliphatic hydroxyl groups excluding tert-OH is 8. The number of hydrogen-bond donors (Lipinski definition) is 8. The molecule has 10 atom stereocenters. The van der Waals surface area contributed by atoms with Crippen molar-refractivity contribution in [2.45, 2.75) is 61.4 Å². The Labute approximate surface area is 130 Å². The minimum atomic E-state index is -1.75. The van der Waals surface area contributed by atoms with Gasteiger partial charge in [0.15, 0.2) is 12.6 Å². The van der Waals surface area contributed by atoms with Crippen LogP contribution in [0.2, 0.25) is 0 Å². The van der Waals surface area contributed by atoms with Crippen LogP contribution in [0.1, 0.15) is 0 Å². The third kappa shape index (κ3) is 3.65. The zero-order valence-corrected chi connectivity index (χ0v) is 12.0. The van der Waals surface area contributed by atoms with Crippen molar-refractivity contribution in [3.8, 4) is 0 Å². The molecule has 0 radical (unpaired) electrons.